The van der Waals surface area contributed by atoms with Crippen LogP contribution < -0.4 is 15.5 Å². The molecule has 0 bridgehead atoms. The molecule has 2 aromatic carbocycles. The third-order valence-electron chi connectivity index (χ3n) is 4.18. The summed E-state index contributed by atoms with van der Waals surface area (Å²) in [5.74, 6) is -2.37. The van der Waals surface area contributed by atoms with Crippen molar-refractivity contribution >= 4 is 27.3 Å². The first-order chi connectivity index (χ1) is 13.2. The van der Waals surface area contributed by atoms with Gasteiger partial charge in [-0.2, -0.15) is 0 Å². The summed E-state index contributed by atoms with van der Waals surface area (Å²) in [5, 5.41) is 3.37. The second-order valence-corrected chi connectivity index (χ2v) is 8.39. The van der Waals surface area contributed by atoms with Crippen molar-refractivity contribution in [1.29, 1.82) is 0 Å². The van der Waals surface area contributed by atoms with Crippen molar-refractivity contribution in [2.24, 2.45) is 0 Å². The number of carbonyl (C=O) groups excluding carboxylic acids is 2. The molecule has 0 heterocycles. The van der Waals surface area contributed by atoms with E-state index in [0.29, 0.717) is 5.56 Å². The Morgan fingerprint density at radius 2 is 1.57 bits per heavy atom. The van der Waals surface area contributed by atoms with Crippen LogP contribution in [0.3, 0.4) is 0 Å². The Labute approximate surface area is 163 Å². The lowest BCUT2D eigenvalue weighted by Crippen LogP contribution is -2.41. The van der Waals surface area contributed by atoms with Gasteiger partial charge in [0.2, 0.25) is 0 Å². The van der Waals surface area contributed by atoms with E-state index < -0.39 is 32.7 Å². The van der Waals surface area contributed by atoms with Crippen LogP contribution in [0, 0.1) is 5.82 Å². The first-order valence-corrected chi connectivity index (χ1v) is 9.98. The van der Waals surface area contributed by atoms with Gasteiger partial charge in [0.1, 0.15) is 11.1 Å². The number of carbonyl (C=O) groups is 2. The number of anilines is 1. The Bertz CT molecular complexity index is 942. The fraction of sp³-hybridized carbons (Fsp3) is 0.263. The average molecular weight is 407 g/mol. The quantitative estimate of drug-likeness (QED) is 0.555. The zero-order valence-electron chi connectivity index (χ0n) is 15.8. The van der Waals surface area contributed by atoms with E-state index in [0.717, 1.165) is 17.8 Å². The molecule has 0 fully saturated rings. The molecule has 9 heteroatoms. The smallest absolute Gasteiger partial charge is 0.309 e. The topological polar surface area (TPSA) is 95.6 Å². The molecule has 0 unspecified atom stereocenters. The zero-order chi connectivity index (χ0) is 20.9. The van der Waals surface area contributed by atoms with Gasteiger partial charge < -0.3 is 15.5 Å². The third kappa shape index (κ3) is 4.86. The van der Waals surface area contributed by atoms with Crippen LogP contribution in [0.2, 0.25) is 0 Å². The van der Waals surface area contributed by atoms with Gasteiger partial charge in [-0.15, -0.1) is 0 Å². The highest BCUT2D eigenvalue weighted by molar-refractivity contribution is 7.91. The second kappa shape index (κ2) is 8.83. The van der Waals surface area contributed by atoms with Crippen molar-refractivity contribution in [2.45, 2.75) is 10.1 Å². The number of benzene rings is 2. The summed E-state index contributed by atoms with van der Waals surface area (Å²) in [5.41, 5.74) is 1.31. The van der Waals surface area contributed by atoms with Gasteiger partial charge in [0, 0.05) is 33.4 Å². The zero-order valence-corrected chi connectivity index (χ0v) is 16.6. The fourth-order valence-electron chi connectivity index (χ4n) is 2.56. The van der Waals surface area contributed by atoms with Crippen LogP contribution in [-0.2, 0) is 19.4 Å². The van der Waals surface area contributed by atoms with Crippen molar-refractivity contribution in [3.63, 3.8) is 0 Å². The summed E-state index contributed by atoms with van der Waals surface area (Å²) in [7, 11) is 1.05. The van der Waals surface area contributed by atoms with E-state index in [1.165, 1.54) is 19.2 Å². The Kier molecular flexibility index (Phi) is 6.74. The van der Waals surface area contributed by atoms with Crippen LogP contribution in [0.15, 0.2) is 53.4 Å². The number of halogens is 1. The number of amides is 2. The standard InChI is InChI=1S/C19H22FN3O4S/c1-21-18(24)19(25)22-12-17(13-4-8-15(9-5-13)23(2)3)28(26,27)16-10-6-14(20)7-11-16/h4-11,17H,12H2,1-3H3,(H,21,24)(H,22,25)/t17-/m0/s1. The largest absolute Gasteiger partial charge is 0.378 e. The number of hydrogen-bond donors (Lipinski definition) is 2. The van der Waals surface area contributed by atoms with Crippen molar-refractivity contribution in [2.75, 3.05) is 32.6 Å². The molecule has 0 aromatic heterocycles. The first kappa shape index (κ1) is 21.4. The van der Waals surface area contributed by atoms with Crippen molar-refractivity contribution in [1.82, 2.24) is 10.6 Å². The molecule has 2 amide bonds. The lowest BCUT2D eigenvalue weighted by atomic mass is 10.1. The van der Waals surface area contributed by atoms with E-state index in [1.54, 1.807) is 24.3 Å². The Hall–Kier alpha value is -2.94. The molecule has 7 nitrogen and oxygen atoms in total. The van der Waals surface area contributed by atoms with Gasteiger partial charge in [0.15, 0.2) is 9.84 Å². The summed E-state index contributed by atoms with van der Waals surface area (Å²) in [6, 6.07) is 11.3. The molecule has 1 atom stereocenters. The van der Waals surface area contributed by atoms with E-state index in [4.69, 9.17) is 0 Å². The monoisotopic (exact) mass is 407 g/mol. The predicted molar refractivity (Wildman–Crippen MR) is 104 cm³/mol. The van der Waals surface area contributed by atoms with Gasteiger partial charge in [-0.25, -0.2) is 12.8 Å². The van der Waals surface area contributed by atoms with Crippen LogP contribution in [0.5, 0.6) is 0 Å². The molecule has 0 saturated carbocycles. The molecule has 2 rings (SSSR count). The summed E-state index contributed by atoms with van der Waals surface area (Å²) >= 11 is 0. The molecule has 0 aliphatic rings. The third-order valence-corrected chi connectivity index (χ3v) is 6.30. The molecular weight excluding hydrogens is 385 g/mol. The number of hydrogen-bond acceptors (Lipinski definition) is 5. The Morgan fingerprint density at radius 3 is 2.07 bits per heavy atom. The fourth-order valence-corrected chi connectivity index (χ4v) is 4.22. The molecular formula is C19H22FN3O4S. The normalized spacial score (nSPS) is 12.1. The number of sulfone groups is 1. The second-order valence-electron chi connectivity index (χ2n) is 6.26. The number of rotatable bonds is 6. The van der Waals surface area contributed by atoms with Crippen LogP contribution in [0.4, 0.5) is 10.1 Å². The van der Waals surface area contributed by atoms with E-state index in [1.807, 2.05) is 19.0 Å². The minimum absolute atomic E-state index is 0.0789. The van der Waals surface area contributed by atoms with Crippen molar-refractivity contribution < 1.29 is 22.4 Å². The molecule has 2 aromatic rings. The lowest BCUT2D eigenvalue weighted by molar-refractivity contribution is -0.138. The Morgan fingerprint density at radius 1 is 1.00 bits per heavy atom. The predicted octanol–water partition coefficient (Wildman–Crippen LogP) is 1.27. The average Bonchev–Trinajstić information content (AvgIpc) is 2.67. The van der Waals surface area contributed by atoms with Gasteiger partial charge in [0.05, 0.1) is 4.90 Å². The summed E-state index contributed by atoms with van der Waals surface area (Å²) < 4.78 is 39.5. The molecule has 0 aliphatic carbocycles. The van der Waals surface area contributed by atoms with Crippen LogP contribution >= 0.6 is 0 Å². The Balaban J connectivity index is 2.41. The number of nitrogens with one attached hydrogen (secondary N) is 2. The highest BCUT2D eigenvalue weighted by atomic mass is 32.2. The maximum Gasteiger partial charge on any atom is 0.309 e. The molecule has 0 radical (unpaired) electrons. The summed E-state index contributed by atoms with van der Waals surface area (Å²) in [6.07, 6.45) is 0. The van der Waals surface area contributed by atoms with E-state index in [2.05, 4.69) is 10.6 Å². The highest BCUT2D eigenvalue weighted by Gasteiger charge is 2.30. The van der Waals surface area contributed by atoms with Gasteiger partial charge in [-0.05, 0) is 42.0 Å². The van der Waals surface area contributed by atoms with Gasteiger partial charge in [-0.3, -0.25) is 9.59 Å². The minimum atomic E-state index is -3.96. The van der Waals surface area contributed by atoms with Crippen LogP contribution in [-0.4, -0.2) is 47.9 Å². The van der Waals surface area contributed by atoms with E-state index in [-0.39, 0.29) is 11.4 Å². The van der Waals surface area contributed by atoms with Gasteiger partial charge >= 0.3 is 11.8 Å². The minimum Gasteiger partial charge on any atom is -0.378 e. The van der Waals surface area contributed by atoms with E-state index in [9.17, 15) is 22.4 Å². The molecule has 2 N–H and O–H groups in total. The first-order valence-electron chi connectivity index (χ1n) is 8.43. The highest BCUT2D eigenvalue weighted by Crippen LogP contribution is 2.30. The summed E-state index contributed by atoms with van der Waals surface area (Å²) in [4.78, 5) is 25.0. The van der Waals surface area contributed by atoms with Crippen molar-refractivity contribution in [3.8, 4) is 0 Å². The van der Waals surface area contributed by atoms with Crippen LogP contribution in [0.25, 0.3) is 0 Å². The summed E-state index contributed by atoms with van der Waals surface area (Å²) in [6.45, 7) is -0.312. The molecule has 150 valence electrons. The molecule has 0 aliphatic heterocycles. The van der Waals surface area contributed by atoms with Crippen LogP contribution in [0.1, 0.15) is 10.8 Å². The molecule has 0 saturated heterocycles. The van der Waals surface area contributed by atoms with E-state index >= 15 is 0 Å². The molecule has 28 heavy (non-hydrogen) atoms. The van der Waals surface area contributed by atoms with Gasteiger partial charge in [0.25, 0.3) is 0 Å². The number of likely N-dealkylation sites (N-methyl/N-ethyl adjacent to an activating group) is 1. The van der Waals surface area contributed by atoms with Crippen molar-refractivity contribution in [3.05, 3.63) is 59.9 Å². The SMILES string of the molecule is CNC(=O)C(=O)NC[C@@H](c1ccc(N(C)C)cc1)S(=O)(=O)c1ccc(F)cc1. The number of nitrogens with zero attached hydrogens (tertiary/aromatic N) is 1. The van der Waals surface area contributed by atoms with Gasteiger partial charge in [-0.1, -0.05) is 12.1 Å². The lowest BCUT2D eigenvalue weighted by Gasteiger charge is -2.20. The molecule has 0 spiro atoms. The maximum absolute atomic E-state index is 13.2. The maximum atomic E-state index is 13.2.